The molecule has 3 rings (SSSR count). The van der Waals surface area contributed by atoms with Crippen LogP contribution in [-0.2, 0) is 21.8 Å². The van der Waals surface area contributed by atoms with Crippen molar-refractivity contribution in [2.45, 2.75) is 24.6 Å². The van der Waals surface area contributed by atoms with Gasteiger partial charge in [0, 0.05) is 22.3 Å². The maximum atomic E-state index is 13.1. The first-order valence-electron chi connectivity index (χ1n) is 7.31. The number of hydrogen-bond acceptors (Lipinski definition) is 4. The summed E-state index contributed by atoms with van der Waals surface area (Å²) >= 11 is 0. The van der Waals surface area contributed by atoms with E-state index in [-0.39, 0.29) is 30.0 Å². The first kappa shape index (κ1) is 17.4. The lowest BCUT2D eigenvalue weighted by Gasteiger charge is -2.30. The number of alkyl halides is 3. The fourth-order valence-electron chi connectivity index (χ4n) is 3.00. The Hall–Kier alpha value is -2.41. The topological polar surface area (TPSA) is 90.3 Å². The van der Waals surface area contributed by atoms with Gasteiger partial charge in [0.05, 0.1) is 22.9 Å². The zero-order valence-corrected chi connectivity index (χ0v) is 13.5. The zero-order chi connectivity index (χ0) is 18.4. The minimum atomic E-state index is -4.79. The van der Waals surface area contributed by atoms with Gasteiger partial charge in [0.1, 0.15) is 5.54 Å². The quantitative estimate of drug-likeness (QED) is 0.764. The van der Waals surface area contributed by atoms with E-state index in [2.05, 4.69) is 5.32 Å². The lowest BCUT2D eigenvalue weighted by atomic mass is 9.92. The van der Waals surface area contributed by atoms with Crippen molar-refractivity contribution < 1.29 is 27.0 Å². The molecule has 2 heterocycles. The van der Waals surface area contributed by atoms with E-state index in [1.807, 2.05) is 0 Å². The minimum absolute atomic E-state index is 0.170. The summed E-state index contributed by atoms with van der Waals surface area (Å²) < 4.78 is 50.8. The van der Waals surface area contributed by atoms with Crippen LogP contribution in [-0.4, -0.2) is 33.2 Å². The Balaban J connectivity index is 2.00. The molecule has 1 aromatic rings. The highest BCUT2D eigenvalue weighted by molar-refractivity contribution is 7.85. The van der Waals surface area contributed by atoms with E-state index in [9.17, 15) is 27.0 Å². The fraction of sp³-hybridized carbons (Fsp3) is 0.400. The molecule has 25 heavy (non-hydrogen) atoms. The van der Waals surface area contributed by atoms with E-state index in [1.165, 1.54) is 6.07 Å². The van der Waals surface area contributed by atoms with Crippen molar-refractivity contribution in [2.24, 2.45) is 0 Å². The first-order valence-corrected chi connectivity index (χ1v) is 8.80. The Morgan fingerprint density at radius 3 is 2.44 bits per heavy atom. The monoisotopic (exact) mass is 371 g/mol. The van der Waals surface area contributed by atoms with Crippen LogP contribution in [0, 0.1) is 11.3 Å². The summed E-state index contributed by atoms with van der Waals surface area (Å²) in [6, 6.07) is 3.30. The van der Waals surface area contributed by atoms with Gasteiger partial charge in [0.15, 0.2) is 0 Å². The molecule has 1 aromatic carbocycles. The number of nitrogens with one attached hydrogen (secondary N) is 1. The Morgan fingerprint density at radius 1 is 1.24 bits per heavy atom. The van der Waals surface area contributed by atoms with Crippen molar-refractivity contribution in [2.75, 3.05) is 16.4 Å². The summed E-state index contributed by atoms with van der Waals surface area (Å²) in [5, 5.41) is 11.4. The van der Waals surface area contributed by atoms with Crippen molar-refractivity contribution >= 4 is 28.4 Å². The first-order chi connectivity index (χ1) is 11.7. The van der Waals surface area contributed by atoms with E-state index in [0.717, 1.165) is 12.1 Å². The Kier molecular flexibility index (Phi) is 4.07. The maximum Gasteiger partial charge on any atom is 0.417 e. The van der Waals surface area contributed by atoms with Crippen molar-refractivity contribution in [3.8, 4) is 6.07 Å². The maximum absolute atomic E-state index is 13.1. The standard InChI is InChI=1S/C15H12F3N3O3S/c16-15(17,18)11-7-10(2-1-9(11)8-19)21-12(22)14(20-13(21)23)3-5-25(24)6-4-14/h1-2,7H,3-6H2,(H,20,23). The molecule has 2 fully saturated rings. The molecule has 0 saturated carbocycles. The van der Waals surface area contributed by atoms with Gasteiger partial charge in [-0.05, 0) is 31.0 Å². The number of rotatable bonds is 1. The number of halogens is 3. The second kappa shape index (κ2) is 5.84. The molecule has 6 nitrogen and oxygen atoms in total. The van der Waals surface area contributed by atoms with E-state index in [1.54, 1.807) is 0 Å². The lowest BCUT2D eigenvalue weighted by molar-refractivity contribution is -0.137. The van der Waals surface area contributed by atoms with E-state index in [0.29, 0.717) is 11.0 Å². The Morgan fingerprint density at radius 2 is 1.88 bits per heavy atom. The average Bonchev–Trinajstić information content (AvgIpc) is 2.79. The van der Waals surface area contributed by atoms with Crippen LogP contribution in [0.2, 0.25) is 0 Å². The number of nitrogens with zero attached hydrogens (tertiary/aromatic N) is 2. The number of carbonyl (C=O) groups is 2. The molecule has 0 radical (unpaired) electrons. The van der Waals surface area contributed by atoms with Gasteiger partial charge in [0.25, 0.3) is 5.91 Å². The molecule has 2 saturated heterocycles. The van der Waals surface area contributed by atoms with Crippen molar-refractivity contribution in [1.82, 2.24) is 5.32 Å². The van der Waals surface area contributed by atoms with Crippen molar-refractivity contribution in [3.63, 3.8) is 0 Å². The summed E-state index contributed by atoms with van der Waals surface area (Å²) in [5.74, 6) is -0.186. The molecule has 3 amide bonds. The van der Waals surface area contributed by atoms with Gasteiger partial charge in [-0.2, -0.15) is 18.4 Å². The Labute approximate surface area is 143 Å². The van der Waals surface area contributed by atoms with Gasteiger partial charge < -0.3 is 5.32 Å². The highest BCUT2D eigenvalue weighted by atomic mass is 32.2. The second-order valence-electron chi connectivity index (χ2n) is 5.84. The number of nitriles is 1. The normalized spacial score (nSPS) is 26.6. The summed E-state index contributed by atoms with van der Waals surface area (Å²) in [6.07, 6.45) is -4.45. The van der Waals surface area contributed by atoms with E-state index in [4.69, 9.17) is 5.26 Å². The smallest absolute Gasteiger partial charge is 0.323 e. The van der Waals surface area contributed by atoms with Crippen LogP contribution >= 0.6 is 0 Å². The number of urea groups is 1. The third-order valence-corrected chi connectivity index (χ3v) is 5.68. The highest BCUT2D eigenvalue weighted by Crippen LogP contribution is 2.37. The molecule has 0 aliphatic carbocycles. The second-order valence-corrected chi connectivity index (χ2v) is 7.54. The SMILES string of the molecule is N#Cc1ccc(N2C(=O)NC3(CCS(=O)CC3)C2=O)cc1C(F)(F)F. The molecule has 0 unspecified atom stereocenters. The lowest BCUT2D eigenvalue weighted by Crippen LogP contribution is -2.51. The molecule has 1 spiro atoms. The molecule has 132 valence electrons. The predicted molar refractivity (Wildman–Crippen MR) is 82.0 cm³/mol. The van der Waals surface area contributed by atoms with Gasteiger partial charge in [-0.15, -0.1) is 0 Å². The molecule has 0 bridgehead atoms. The number of hydrogen-bond donors (Lipinski definition) is 1. The van der Waals surface area contributed by atoms with Crippen LogP contribution in [0.1, 0.15) is 24.0 Å². The van der Waals surface area contributed by atoms with Gasteiger partial charge in [0.2, 0.25) is 0 Å². The molecule has 10 heteroatoms. The van der Waals surface area contributed by atoms with Crippen LogP contribution in [0.5, 0.6) is 0 Å². The minimum Gasteiger partial charge on any atom is -0.323 e. The van der Waals surface area contributed by atoms with Gasteiger partial charge >= 0.3 is 12.2 Å². The number of anilines is 1. The third kappa shape index (κ3) is 2.89. The molecule has 1 N–H and O–H groups in total. The highest BCUT2D eigenvalue weighted by Gasteiger charge is 2.53. The fourth-order valence-corrected chi connectivity index (χ4v) is 4.36. The number of benzene rings is 1. The van der Waals surface area contributed by atoms with Crippen molar-refractivity contribution in [3.05, 3.63) is 29.3 Å². The summed E-state index contributed by atoms with van der Waals surface area (Å²) in [6.45, 7) is 0. The number of imide groups is 1. The molecule has 0 atom stereocenters. The predicted octanol–water partition coefficient (Wildman–Crippen LogP) is 1.91. The Bertz CT molecular complexity index is 822. The van der Waals surface area contributed by atoms with Gasteiger partial charge in [-0.1, -0.05) is 0 Å². The van der Waals surface area contributed by atoms with Crippen LogP contribution in [0.15, 0.2) is 18.2 Å². The molecule has 0 aromatic heterocycles. The largest absolute Gasteiger partial charge is 0.417 e. The van der Waals surface area contributed by atoms with Crippen LogP contribution in [0.4, 0.5) is 23.7 Å². The molecule has 2 aliphatic rings. The van der Waals surface area contributed by atoms with Gasteiger partial charge in [-0.25, -0.2) is 9.69 Å². The number of carbonyl (C=O) groups excluding carboxylic acids is 2. The van der Waals surface area contributed by atoms with Gasteiger partial charge in [-0.3, -0.25) is 9.00 Å². The summed E-state index contributed by atoms with van der Waals surface area (Å²) in [4.78, 5) is 25.6. The van der Waals surface area contributed by atoms with Crippen LogP contribution in [0.3, 0.4) is 0 Å². The molecule has 2 aliphatic heterocycles. The zero-order valence-electron chi connectivity index (χ0n) is 12.7. The number of amides is 3. The third-order valence-electron chi connectivity index (χ3n) is 4.36. The molecular formula is C15H12F3N3O3S. The molecular weight excluding hydrogens is 359 g/mol. The van der Waals surface area contributed by atoms with Crippen molar-refractivity contribution in [1.29, 1.82) is 5.26 Å². The van der Waals surface area contributed by atoms with Crippen LogP contribution < -0.4 is 10.2 Å². The summed E-state index contributed by atoms with van der Waals surface area (Å²) in [7, 11) is -1.07. The van der Waals surface area contributed by atoms with Crippen LogP contribution in [0.25, 0.3) is 0 Å². The van der Waals surface area contributed by atoms with E-state index >= 15 is 0 Å². The average molecular weight is 371 g/mol. The summed E-state index contributed by atoms with van der Waals surface area (Å²) in [5.41, 5.74) is -3.28. The van der Waals surface area contributed by atoms with E-state index < -0.39 is 45.6 Å².